The van der Waals surface area contributed by atoms with Crippen LogP contribution in [0.25, 0.3) is 0 Å². The first kappa shape index (κ1) is 17.3. The summed E-state index contributed by atoms with van der Waals surface area (Å²) < 4.78 is 0. The molecule has 1 N–H and O–H groups in total. The normalized spacial score (nSPS) is 24.0. The molecule has 1 aromatic carbocycles. The Balaban J connectivity index is 1.43. The molecule has 2 aromatic rings. The molecule has 136 valence electrons. The maximum Gasteiger partial charge on any atom is 0.223 e. The quantitative estimate of drug-likeness (QED) is 0.864. The number of aromatic nitrogens is 1. The minimum atomic E-state index is 0.110. The second kappa shape index (κ2) is 7.22. The van der Waals surface area contributed by atoms with Crippen molar-refractivity contribution in [2.75, 3.05) is 6.54 Å². The Labute approximate surface area is 156 Å². The Hall–Kier alpha value is -2.16. The van der Waals surface area contributed by atoms with Crippen LogP contribution in [0.3, 0.4) is 0 Å². The van der Waals surface area contributed by atoms with Crippen LogP contribution in [-0.2, 0) is 10.2 Å². The van der Waals surface area contributed by atoms with Crippen LogP contribution in [0.15, 0.2) is 48.8 Å². The molecular formula is C23H28N2O. The summed E-state index contributed by atoms with van der Waals surface area (Å²) in [6.45, 7) is 2.92. The first-order valence-electron chi connectivity index (χ1n) is 9.93. The molecule has 0 bridgehead atoms. The highest BCUT2D eigenvalue weighted by molar-refractivity contribution is 5.83. The van der Waals surface area contributed by atoms with Crippen LogP contribution >= 0.6 is 0 Å². The van der Waals surface area contributed by atoms with Crippen molar-refractivity contribution in [1.29, 1.82) is 0 Å². The van der Waals surface area contributed by atoms with Gasteiger partial charge in [0.1, 0.15) is 0 Å². The van der Waals surface area contributed by atoms with E-state index in [4.69, 9.17) is 0 Å². The average molecular weight is 348 g/mol. The van der Waals surface area contributed by atoms with Crippen LogP contribution in [0.1, 0.15) is 61.1 Å². The van der Waals surface area contributed by atoms with Gasteiger partial charge in [-0.15, -0.1) is 0 Å². The first-order valence-corrected chi connectivity index (χ1v) is 9.93. The molecule has 0 saturated heterocycles. The van der Waals surface area contributed by atoms with Gasteiger partial charge in [-0.25, -0.2) is 0 Å². The first-order chi connectivity index (χ1) is 12.7. The van der Waals surface area contributed by atoms with Gasteiger partial charge in [0.25, 0.3) is 0 Å². The monoisotopic (exact) mass is 348 g/mol. The molecule has 4 rings (SSSR count). The summed E-state index contributed by atoms with van der Waals surface area (Å²) in [6, 6.07) is 12.9. The number of benzene rings is 1. The zero-order chi connectivity index (χ0) is 18.0. The van der Waals surface area contributed by atoms with Crippen molar-refractivity contribution in [3.8, 4) is 0 Å². The Morgan fingerprint density at radius 2 is 2.04 bits per heavy atom. The molecule has 3 nitrogen and oxygen atoms in total. The van der Waals surface area contributed by atoms with Crippen molar-refractivity contribution in [1.82, 2.24) is 10.3 Å². The molecule has 0 radical (unpaired) electrons. The number of pyridine rings is 1. The van der Waals surface area contributed by atoms with E-state index in [0.29, 0.717) is 5.92 Å². The molecule has 26 heavy (non-hydrogen) atoms. The predicted octanol–water partition coefficient (Wildman–Crippen LogP) is 4.51. The fourth-order valence-electron chi connectivity index (χ4n) is 4.61. The van der Waals surface area contributed by atoms with E-state index in [9.17, 15) is 4.79 Å². The highest BCUT2D eigenvalue weighted by Gasteiger charge is 2.45. The lowest BCUT2D eigenvalue weighted by molar-refractivity contribution is -0.122. The summed E-state index contributed by atoms with van der Waals surface area (Å²) in [7, 11) is 0. The van der Waals surface area contributed by atoms with Gasteiger partial charge in [-0.3, -0.25) is 9.78 Å². The number of nitrogens with one attached hydrogen (secondary N) is 1. The molecule has 1 amide bonds. The van der Waals surface area contributed by atoms with Gasteiger partial charge >= 0.3 is 0 Å². The number of nitrogens with zero attached hydrogens (tertiary/aromatic N) is 1. The third-order valence-electron chi connectivity index (χ3n) is 6.28. The Morgan fingerprint density at radius 3 is 2.77 bits per heavy atom. The van der Waals surface area contributed by atoms with Crippen molar-refractivity contribution in [2.45, 2.75) is 56.8 Å². The zero-order valence-corrected chi connectivity index (χ0v) is 15.6. The van der Waals surface area contributed by atoms with Crippen LogP contribution < -0.4 is 5.32 Å². The minimum Gasteiger partial charge on any atom is -0.355 e. The molecule has 0 aliphatic heterocycles. The fraction of sp³-hybridized carbons (Fsp3) is 0.478. The summed E-state index contributed by atoms with van der Waals surface area (Å²) in [5.41, 5.74) is 4.01. The van der Waals surface area contributed by atoms with Crippen molar-refractivity contribution < 1.29 is 4.79 Å². The molecule has 0 unspecified atom stereocenters. The summed E-state index contributed by atoms with van der Waals surface area (Å²) >= 11 is 0. The fourth-order valence-corrected chi connectivity index (χ4v) is 4.61. The van der Waals surface area contributed by atoms with Crippen LogP contribution in [0.4, 0.5) is 0 Å². The SMILES string of the molecule is Cc1cccc(C2(CNC(=O)[C@@H]3C[C@@H]3c3cccnc3)CCCCC2)c1. The van der Waals surface area contributed by atoms with E-state index in [-0.39, 0.29) is 17.2 Å². The predicted molar refractivity (Wildman–Crippen MR) is 104 cm³/mol. The zero-order valence-electron chi connectivity index (χ0n) is 15.6. The van der Waals surface area contributed by atoms with Crippen LogP contribution in [0.5, 0.6) is 0 Å². The van der Waals surface area contributed by atoms with Gasteiger partial charge < -0.3 is 5.32 Å². The molecule has 3 heteroatoms. The van der Waals surface area contributed by atoms with E-state index in [1.807, 2.05) is 12.3 Å². The van der Waals surface area contributed by atoms with Gasteiger partial charge in [0.2, 0.25) is 5.91 Å². The largest absolute Gasteiger partial charge is 0.355 e. The third kappa shape index (κ3) is 3.53. The van der Waals surface area contributed by atoms with Crippen LogP contribution in [-0.4, -0.2) is 17.4 Å². The van der Waals surface area contributed by atoms with Crippen molar-refractivity contribution in [3.05, 3.63) is 65.5 Å². The minimum absolute atomic E-state index is 0.110. The number of hydrogen-bond donors (Lipinski definition) is 1. The number of aryl methyl sites for hydroxylation is 1. The molecule has 2 fully saturated rings. The van der Waals surface area contributed by atoms with Crippen molar-refractivity contribution >= 4 is 5.91 Å². The van der Waals surface area contributed by atoms with Gasteiger partial charge in [-0.2, -0.15) is 0 Å². The Morgan fingerprint density at radius 1 is 1.19 bits per heavy atom. The molecule has 1 aromatic heterocycles. The van der Waals surface area contributed by atoms with E-state index in [1.54, 1.807) is 6.20 Å². The average Bonchev–Trinajstić information content (AvgIpc) is 3.49. The van der Waals surface area contributed by atoms with Crippen LogP contribution in [0.2, 0.25) is 0 Å². The smallest absolute Gasteiger partial charge is 0.223 e. The lowest BCUT2D eigenvalue weighted by Gasteiger charge is -2.38. The third-order valence-corrected chi connectivity index (χ3v) is 6.28. The number of carbonyl (C=O) groups excluding carboxylic acids is 1. The maximum absolute atomic E-state index is 12.7. The second-order valence-electron chi connectivity index (χ2n) is 8.16. The van der Waals surface area contributed by atoms with Crippen molar-refractivity contribution in [2.24, 2.45) is 5.92 Å². The lowest BCUT2D eigenvalue weighted by Crippen LogP contribution is -2.42. The molecule has 0 spiro atoms. The topological polar surface area (TPSA) is 42.0 Å². The van der Waals surface area contributed by atoms with Crippen LogP contribution in [0, 0.1) is 12.8 Å². The molecular weight excluding hydrogens is 320 g/mol. The second-order valence-corrected chi connectivity index (χ2v) is 8.16. The molecule has 1 heterocycles. The van der Waals surface area contributed by atoms with E-state index in [2.05, 4.69) is 47.6 Å². The molecule has 2 saturated carbocycles. The highest BCUT2D eigenvalue weighted by atomic mass is 16.2. The van der Waals surface area contributed by atoms with Gasteiger partial charge in [0, 0.05) is 30.3 Å². The van der Waals surface area contributed by atoms with Gasteiger partial charge in [-0.1, -0.05) is 55.2 Å². The molecule has 2 atom stereocenters. The van der Waals surface area contributed by atoms with E-state index in [0.717, 1.165) is 13.0 Å². The Kier molecular flexibility index (Phi) is 4.80. The number of rotatable bonds is 5. The summed E-state index contributed by atoms with van der Waals surface area (Å²) in [5.74, 6) is 0.693. The number of carbonyl (C=O) groups is 1. The standard InChI is InChI=1S/C23H28N2O/c1-17-7-5-9-19(13-17)23(10-3-2-4-11-23)16-25-22(26)21-14-20(21)18-8-6-12-24-15-18/h5-9,12-13,15,20-21H,2-4,10-11,14,16H2,1H3,(H,25,26)/t20-,21-/m1/s1. The summed E-state index contributed by atoms with van der Waals surface area (Å²) in [6.07, 6.45) is 10.8. The van der Waals surface area contributed by atoms with Crippen molar-refractivity contribution in [3.63, 3.8) is 0 Å². The highest BCUT2D eigenvalue weighted by Crippen LogP contribution is 2.47. The van der Waals surface area contributed by atoms with Gasteiger partial charge in [0.05, 0.1) is 0 Å². The Bertz CT molecular complexity index is 765. The van der Waals surface area contributed by atoms with Gasteiger partial charge in [-0.05, 0) is 49.3 Å². The lowest BCUT2D eigenvalue weighted by atomic mass is 9.69. The molecule has 2 aliphatic carbocycles. The summed E-state index contributed by atoms with van der Waals surface area (Å²) in [5, 5.41) is 3.31. The van der Waals surface area contributed by atoms with Gasteiger partial charge in [0.15, 0.2) is 0 Å². The van der Waals surface area contributed by atoms with E-state index in [1.165, 1.54) is 48.8 Å². The number of amides is 1. The van der Waals surface area contributed by atoms with E-state index < -0.39 is 0 Å². The molecule has 2 aliphatic rings. The van der Waals surface area contributed by atoms with E-state index >= 15 is 0 Å². The number of hydrogen-bond acceptors (Lipinski definition) is 2. The maximum atomic E-state index is 12.7. The summed E-state index contributed by atoms with van der Waals surface area (Å²) in [4.78, 5) is 16.9.